The third-order valence-electron chi connectivity index (χ3n) is 5.59. The molecule has 0 aliphatic carbocycles. The van der Waals surface area contributed by atoms with Gasteiger partial charge in [-0.2, -0.15) is 0 Å². The molecule has 0 amide bonds. The Kier molecular flexibility index (Phi) is 4.07. The Morgan fingerprint density at radius 2 is 2.17 bits per heavy atom. The predicted molar refractivity (Wildman–Crippen MR) is 92.7 cm³/mol. The second-order valence-electron chi connectivity index (χ2n) is 7.10. The number of hydrogen-bond donors (Lipinski definition) is 0. The van der Waals surface area contributed by atoms with Crippen LogP contribution in [0.5, 0.6) is 0 Å². The molecule has 0 spiro atoms. The standard InChI is InChI=1S/C18H27N5/c1-3-22-10-5-6-15(22)13-23-17(14-8-11-21(2)12-14)20-16-7-4-9-19-18(16)23/h4,7,9,14-15H,3,5-6,8,10-13H2,1-2H3. The lowest BCUT2D eigenvalue weighted by molar-refractivity contribution is 0.243. The Morgan fingerprint density at radius 3 is 2.96 bits per heavy atom. The lowest BCUT2D eigenvalue weighted by Gasteiger charge is -2.24. The average Bonchev–Trinajstić information content (AvgIpc) is 3.27. The van der Waals surface area contributed by atoms with E-state index in [-0.39, 0.29) is 0 Å². The summed E-state index contributed by atoms with van der Waals surface area (Å²) in [6.07, 6.45) is 5.73. The van der Waals surface area contributed by atoms with Gasteiger partial charge in [0.05, 0.1) is 0 Å². The van der Waals surface area contributed by atoms with E-state index >= 15 is 0 Å². The van der Waals surface area contributed by atoms with E-state index in [2.05, 4.69) is 39.4 Å². The minimum Gasteiger partial charge on any atom is -0.311 e. The van der Waals surface area contributed by atoms with Crippen LogP contribution in [0.3, 0.4) is 0 Å². The number of pyridine rings is 1. The molecule has 0 saturated carbocycles. The summed E-state index contributed by atoms with van der Waals surface area (Å²) in [5, 5.41) is 0. The van der Waals surface area contributed by atoms with Gasteiger partial charge in [0, 0.05) is 31.2 Å². The quantitative estimate of drug-likeness (QED) is 0.868. The first kappa shape index (κ1) is 15.1. The maximum absolute atomic E-state index is 4.98. The largest absolute Gasteiger partial charge is 0.311 e. The van der Waals surface area contributed by atoms with Crippen LogP contribution in [0.2, 0.25) is 0 Å². The summed E-state index contributed by atoms with van der Waals surface area (Å²) in [7, 11) is 2.21. The highest BCUT2D eigenvalue weighted by Gasteiger charge is 2.30. The Bertz CT molecular complexity index is 679. The first-order valence-electron chi connectivity index (χ1n) is 9.00. The Labute approximate surface area is 138 Å². The number of nitrogens with zero attached hydrogens (tertiary/aromatic N) is 5. The molecule has 2 aliphatic heterocycles. The normalized spacial score (nSPS) is 26.5. The molecule has 124 valence electrons. The molecule has 0 bridgehead atoms. The molecule has 2 aromatic heterocycles. The zero-order valence-corrected chi connectivity index (χ0v) is 14.3. The fourth-order valence-electron chi connectivity index (χ4n) is 4.34. The van der Waals surface area contributed by atoms with Gasteiger partial charge >= 0.3 is 0 Å². The first-order valence-corrected chi connectivity index (χ1v) is 9.00. The van der Waals surface area contributed by atoms with E-state index in [0.29, 0.717) is 12.0 Å². The third-order valence-corrected chi connectivity index (χ3v) is 5.59. The van der Waals surface area contributed by atoms with Crippen LogP contribution < -0.4 is 0 Å². The molecule has 4 heterocycles. The summed E-state index contributed by atoms with van der Waals surface area (Å²) in [6, 6.07) is 4.74. The molecule has 2 unspecified atom stereocenters. The van der Waals surface area contributed by atoms with Gasteiger partial charge in [-0.3, -0.25) is 4.90 Å². The van der Waals surface area contributed by atoms with Gasteiger partial charge in [0.2, 0.25) is 0 Å². The van der Waals surface area contributed by atoms with Crippen LogP contribution in [0.25, 0.3) is 11.2 Å². The molecule has 5 nitrogen and oxygen atoms in total. The fraction of sp³-hybridized carbons (Fsp3) is 0.667. The minimum atomic E-state index is 0.547. The summed E-state index contributed by atoms with van der Waals surface area (Å²) in [4.78, 5) is 14.7. The second-order valence-corrected chi connectivity index (χ2v) is 7.10. The monoisotopic (exact) mass is 313 g/mol. The Balaban J connectivity index is 1.71. The van der Waals surface area contributed by atoms with Crippen molar-refractivity contribution < 1.29 is 0 Å². The molecule has 2 atom stereocenters. The van der Waals surface area contributed by atoms with Crippen LogP contribution >= 0.6 is 0 Å². The average molecular weight is 313 g/mol. The third kappa shape index (κ3) is 2.76. The molecule has 2 aliphatic rings. The van der Waals surface area contributed by atoms with Crippen molar-refractivity contribution in [3.63, 3.8) is 0 Å². The Hall–Kier alpha value is -1.46. The van der Waals surface area contributed by atoms with E-state index in [9.17, 15) is 0 Å². The molecule has 2 saturated heterocycles. The molecule has 0 N–H and O–H groups in total. The smallest absolute Gasteiger partial charge is 0.160 e. The van der Waals surface area contributed by atoms with E-state index in [0.717, 1.165) is 30.8 Å². The van der Waals surface area contributed by atoms with E-state index in [4.69, 9.17) is 4.98 Å². The number of imidazole rings is 1. The molecule has 5 heteroatoms. The summed E-state index contributed by atoms with van der Waals surface area (Å²) < 4.78 is 2.43. The highest BCUT2D eigenvalue weighted by Crippen LogP contribution is 2.30. The van der Waals surface area contributed by atoms with Crippen LogP contribution in [0.4, 0.5) is 0 Å². The van der Waals surface area contributed by atoms with Gasteiger partial charge in [-0.1, -0.05) is 6.92 Å². The maximum atomic E-state index is 4.98. The van der Waals surface area contributed by atoms with Gasteiger partial charge < -0.3 is 9.47 Å². The number of aromatic nitrogens is 3. The number of hydrogen-bond acceptors (Lipinski definition) is 4. The number of fused-ring (bicyclic) bond motifs is 1. The lowest BCUT2D eigenvalue weighted by atomic mass is 10.1. The van der Waals surface area contributed by atoms with Gasteiger partial charge in [-0.25, -0.2) is 9.97 Å². The summed E-state index contributed by atoms with van der Waals surface area (Å²) in [6.45, 7) is 7.98. The summed E-state index contributed by atoms with van der Waals surface area (Å²) in [5.74, 6) is 1.80. The van der Waals surface area contributed by atoms with E-state index in [1.54, 1.807) is 0 Å². The van der Waals surface area contributed by atoms with Gasteiger partial charge in [-0.15, -0.1) is 0 Å². The number of likely N-dealkylation sites (N-methyl/N-ethyl adjacent to an activating group) is 2. The first-order chi connectivity index (χ1) is 11.3. The van der Waals surface area contributed by atoms with Gasteiger partial charge in [0.1, 0.15) is 11.3 Å². The van der Waals surface area contributed by atoms with Crippen LogP contribution in [0.1, 0.15) is 37.9 Å². The van der Waals surface area contributed by atoms with E-state index < -0.39 is 0 Å². The predicted octanol–water partition coefficient (Wildman–Crippen LogP) is 2.33. The van der Waals surface area contributed by atoms with Crippen LogP contribution in [0, 0.1) is 0 Å². The summed E-state index contributed by atoms with van der Waals surface area (Å²) >= 11 is 0. The van der Waals surface area contributed by atoms with Gasteiger partial charge in [0.25, 0.3) is 0 Å². The highest BCUT2D eigenvalue weighted by atomic mass is 15.2. The van der Waals surface area contributed by atoms with Crippen molar-refractivity contribution in [2.24, 2.45) is 0 Å². The van der Waals surface area contributed by atoms with E-state index in [1.165, 1.54) is 38.2 Å². The molecule has 0 aromatic carbocycles. The molecule has 2 fully saturated rings. The number of likely N-dealkylation sites (tertiary alicyclic amines) is 2. The SMILES string of the molecule is CCN1CCCC1Cn1c(C2CCN(C)C2)nc2cccnc21. The zero-order chi connectivity index (χ0) is 15.8. The molecular formula is C18H27N5. The van der Waals surface area contributed by atoms with Crippen molar-refractivity contribution in [2.45, 2.75) is 44.7 Å². The van der Waals surface area contributed by atoms with E-state index in [1.807, 2.05) is 12.3 Å². The van der Waals surface area contributed by atoms with Crippen molar-refractivity contribution in [2.75, 3.05) is 33.2 Å². The topological polar surface area (TPSA) is 37.2 Å². The molecule has 23 heavy (non-hydrogen) atoms. The van der Waals surface area contributed by atoms with Crippen molar-refractivity contribution in [1.82, 2.24) is 24.3 Å². The highest BCUT2D eigenvalue weighted by molar-refractivity contribution is 5.71. The molecular weight excluding hydrogens is 286 g/mol. The van der Waals surface area contributed by atoms with Crippen LogP contribution in [-0.4, -0.2) is 63.6 Å². The van der Waals surface area contributed by atoms with Crippen molar-refractivity contribution in [1.29, 1.82) is 0 Å². The Morgan fingerprint density at radius 1 is 1.26 bits per heavy atom. The van der Waals surface area contributed by atoms with Gasteiger partial charge in [-0.05, 0) is 58.1 Å². The minimum absolute atomic E-state index is 0.547. The molecule has 2 aromatic rings. The lowest BCUT2D eigenvalue weighted by Crippen LogP contribution is -2.33. The van der Waals surface area contributed by atoms with Crippen LogP contribution in [-0.2, 0) is 6.54 Å². The maximum Gasteiger partial charge on any atom is 0.160 e. The van der Waals surface area contributed by atoms with Crippen molar-refractivity contribution >= 4 is 11.2 Å². The van der Waals surface area contributed by atoms with Crippen molar-refractivity contribution in [3.05, 3.63) is 24.2 Å². The fourth-order valence-corrected chi connectivity index (χ4v) is 4.34. The second kappa shape index (κ2) is 6.21. The molecule has 4 rings (SSSR count). The van der Waals surface area contributed by atoms with Gasteiger partial charge in [0.15, 0.2) is 5.65 Å². The summed E-state index contributed by atoms with van der Waals surface area (Å²) in [5.41, 5.74) is 2.12. The zero-order valence-electron chi connectivity index (χ0n) is 14.3. The molecule has 0 radical (unpaired) electrons. The van der Waals surface area contributed by atoms with Crippen LogP contribution in [0.15, 0.2) is 18.3 Å². The van der Waals surface area contributed by atoms with Crippen molar-refractivity contribution in [3.8, 4) is 0 Å². The number of rotatable bonds is 4.